The van der Waals surface area contributed by atoms with Gasteiger partial charge in [-0.3, -0.25) is 4.40 Å². The largest absolute Gasteiger partial charge is 0.493 e. The van der Waals surface area contributed by atoms with E-state index in [1.54, 1.807) is 13.2 Å². The Kier molecular flexibility index (Phi) is 7.47. The fourth-order valence-corrected chi connectivity index (χ4v) is 4.65. The van der Waals surface area contributed by atoms with Crippen LogP contribution in [-0.4, -0.2) is 35.1 Å². The number of nitrogens with one attached hydrogen (secondary N) is 1. The number of hydrogen-bond acceptors (Lipinski definition) is 6. The van der Waals surface area contributed by atoms with E-state index in [-0.39, 0.29) is 6.61 Å². The van der Waals surface area contributed by atoms with Crippen molar-refractivity contribution in [3.8, 4) is 22.8 Å². The Bertz CT molecular complexity index is 1310. The quantitative estimate of drug-likeness (QED) is 0.236. The van der Waals surface area contributed by atoms with Gasteiger partial charge in [-0.1, -0.05) is 55.7 Å². The van der Waals surface area contributed by atoms with Crippen LogP contribution in [0.4, 0.5) is 5.82 Å². The second-order valence-corrected chi connectivity index (χ2v) is 9.04. The second-order valence-electron chi connectivity index (χ2n) is 9.04. The molecule has 0 aliphatic heterocycles. The van der Waals surface area contributed by atoms with Gasteiger partial charge in [-0.15, -0.1) is 0 Å². The molecule has 0 radical (unpaired) electrons. The molecule has 1 N–H and O–H groups in total. The van der Waals surface area contributed by atoms with Gasteiger partial charge in [0.1, 0.15) is 23.8 Å². The van der Waals surface area contributed by atoms with Gasteiger partial charge in [-0.25, -0.2) is 9.78 Å². The number of anilines is 1. The highest BCUT2D eigenvalue weighted by Crippen LogP contribution is 2.36. The molecule has 36 heavy (non-hydrogen) atoms. The zero-order valence-corrected chi connectivity index (χ0v) is 20.5. The molecule has 0 atom stereocenters. The Hall–Kier alpha value is -3.84. The van der Waals surface area contributed by atoms with Crippen LogP contribution in [0.2, 0.25) is 0 Å². The highest BCUT2D eigenvalue weighted by atomic mass is 16.6. The summed E-state index contributed by atoms with van der Waals surface area (Å²) in [5, 5.41) is 3.75. The molecule has 4 aromatic rings. The monoisotopic (exact) mass is 485 g/mol. The standard InChI is InChI=1S/C29H31N3O4/c1-34-25-18-22(15-16-24(25)36-27(33)20-35-19-21-10-4-2-5-11-21)28-29(30-23-12-6-3-7-13-23)32-17-9-8-14-26(32)31-28/h2,4-5,8-11,14-18,23,30H,3,6-7,12-13,19-20H2,1H3. The molecule has 7 nitrogen and oxygen atoms in total. The summed E-state index contributed by atoms with van der Waals surface area (Å²) in [6.45, 7) is 0.193. The molecular weight excluding hydrogens is 454 g/mol. The third kappa shape index (κ3) is 5.52. The lowest BCUT2D eigenvalue weighted by molar-refractivity contribution is -0.140. The summed E-state index contributed by atoms with van der Waals surface area (Å²) in [5.74, 6) is 1.30. The Balaban J connectivity index is 1.34. The normalized spacial score (nSPS) is 14.0. The third-order valence-corrected chi connectivity index (χ3v) is 6.47. The molecule has 1 aliphatic rings. The zero-order valence-electron chi connectivity index (χ0n) is 20.5. The smallest absolute Gasteiger partial charge is 0.337 e. The van der Waals surface area contributed by atoms with Crippen molar-refractivity contribution in [1.29, 1.82) is 0 Å². The average molecular weight is 486 g/mol. The molecule has 5 rings (SSSR count). The number of methoxy groups -OCH3 is 1. The SMILES string of the molecule is COc1cc(-c2nc3ccccn3c2NC2CCCCC2)ccc1OC(=O)COCc1ccccc1. The molecule has 0 unspecified atom stereocenters. The van der Waals surface area contributed by atoms with Crippen LogP contribution in [0.15, 0.2) is 72.9 Å². The molecule has 0 amide bonds. The van der Waals surface area contributed by atoms with Crippen molar-refractivity contribution < 1.29 is 19.0 Å². The number of esters is 1. The van der Waals surface area contributed by atoms with Crippen LogP contribution in [0.25, 0.3) is 16.9 Å². The van der Waals surface area contributed by atoms with Crippen LogP contribution in [0.3, 0.4) is 0 Å². The van der Waals surface area contributed by atoms with Crippen LogP contribution in [0.5, 0.6) is 11.5 Å². The fraction of sp³-hybridized carbons (Fsp3) is 0.310. The van der Waals surface area contributed by atoms with Crippen molar-refractivity contribution in [3.63, 3.8) is 0 Å². The lowest BCUT2D eigenvalue weighted by Gasteiger charge is -2.24. The van der Waals surface area contributed by atoms with Crippen molar-refractivity contribution in [1.82, 2.24) is 9.38 Å². The van der Waals surface area contributed by atoms with Crippen LogP contribution >= 0.6 is 0 Å². The lowest BCUT2D eigenvalue weighted by atomic mass is 9.95. The average Bonchev–Trinajstić information content (AvgIpc) is 3.28. The summed E-state index contributed by atoms with van der Waals surface area (Å²) < 4.78 is 18.7. The fourth-order valence-electron chi connectivity index (χ4n) is 4.65. The van der Waals surface area contributed by atoms with Gasteiger partial charge in [0.25, 0.3) is 0 Å². The maximum Gasteiger partial charge on any atom is 0.337 e. The highest BCUT2D eigenvalue weighted by molar-refractivity contribution is 5.79. The first-order chi connectivity index (χ1) is 17.7. The number of benzene rings is 2. The van der Waals surface area contributed by atoms with E-state index < -0.39 is 5.97 Å². The van der Waals surface area contributed by atoms with Crippen LogP contribution in [0.1, 0.15) is 37.7 Å². The second kappa shape index (κ2) is 11.3. The van der Waals surface area contributed by atoms with E-state index in [2.05, 4.69) is 9.72 Å². The molecule has 0 spiro atoms. The molecule has 2 aromatic carbocycles. The molecule has 1 saturated carbocycles. The number of aromatic nitrogens is 2. The van der Waals surface area contributed by atoms with Crippen molar-refractivity contribution in [2.75, 3.05) is 19.0 Å². The van der Waals surface area contributed by atoms with Crippen LogP contribution in [0, 0.1) is 0 Å². The van der Waals surface area contributed by atoms with E-state index in [0.717, 1.165) is 41.1 Å². The molecule has 7 heteroatoms. The first-order valence-electron chi connectivity index (χ1n) is 12.5. The highest BCUT2D eigenvalue weighted by Gasteiger charge is 2.21. The molecule has 1 fully saturated rings. The van der Waals surface area contributed by atoms with Crippen LogP contribution in [-0.2, 0) is 16.1 Å². The number of rotatable bonds is 9. The van der Waals surface area contributed by atoms with Crippen molar-refractivity contribution in [2.24, 2.45) is 0 Å². The van der Waals surface area contributed by atoms with Gasteiger partial charge >= 0.3 is 5.97 Å². The number of ether oxygens (including phenoxy) is 3. The Morgan fingerprint density at radius 2 is 1.81 bits per heavy atom. The number of imidazole rings is 1. The number of carbonyl (C=O) groups excluding carboxylic acids is 1. The summed E-state index contributed by atoms with van der Waals surface area (Å²) in [4.78, 5) is 17.3. The summed E-state index contributed by atoms with van der Waals surface area (Å²) in [6.07, 6.45) is 8.13. The van der Waals surface area contributed by atoms with Crippen LogP contribution < -0.4 is 14.8 Å². The first-order valence-corrected chi connectivity index (χ1v) is 12.5. The number of hydrogen-bond donors (Lipinski definition) is 1. The minimum Gasteiger partial charge on any atom is -0.493 e. The van der Waals surface area contributed by atoms with E-state index in [4.69, 9.17) is 19.2 Å². The summed E-state index contributed by atoms with van der Waals surface area (Å²) >= 11 is 0. The van der Waals surface area contributed by atoms with Crippen molar-refractivity contribution in [3.05, 3.63) is 78.5 Å². The van der Waals surface area contributed by atoms with E-state index >= 15 is 0 Å². The van der Waals surface area contributed by atoms with E-state index in [1.807, 2.05) is 66.9 Å². The first kappa shape index (κ1) is 23.9. The molecule has 0 bridgehead atoms. The molecule has 186 valence electrons. The summed E-state index contributed by atoms with van der Waals surface area (Å²) in [6, 6.07) is 21.6. The Morgan fingerprint density at radius 1 is 1.00 bits per heavy atom. The van der Waals surface area contributed by atoms with E-state index in [9.17, 15) is 4.79 Å². The van der Waals surface area contributed by atoms with Gasteiger partial charge in [0, 0.05) is 17.8 Å². The Morgan fingerprint density at radius 3 is 2.61 bits per heavy atom. The van der Waals surface area contributed by atoms with Crippen molar-refractivity contribution >= 4 is 17.4 Å². The minimum absolute atomic E-state index is 0.151. The van der Waals surface area contributed by atoms with Gasteiger partial charge in [0.2, 0.25) is 0 Å². The van der Waals surface area contributed by atoms with Gasteiger partial charge in [-0.2, -0.15) is 0 Å². The van der Waals surface area contributed by atoms with Gasteiger partial charge < -0.3 is 19.5 Å². The van der Waals surface area contributed by atoms with E-state index in [1.165, 1.54) is 19.3 Å². The minimum atomic E-state index is -0.482. The van der Waals surface area contributed by atoms with E-state index in [0.29, 0.717) is 24.1 Å². The molecule has 0 saturated heterocycles. The van der Waals surface area contributed by atoms with Gasteiger partial charge in [0.05, 0.1) is 13.7 Å². The Labute approximate surface area is 211 Å². The molecule has 2 aromatic heterocycles. The van der Waals surface area contributed by atoms with Gasteiger partial charge in [-0.05, 0) is 48.7 Å². The summed E-state index contributed by atoms with van der Waals surface area (Å²) in [5.41, 5.74) is 3.59. The zero-order chi connectivity index (χ0) is 24.7. The topological polar surface area (TPSA) is 74.1 Å². The molecule has 2 heterocycles. The summed E-state index contributed by atoms with van der Waals surface area (Å²) in [7, 11) is 1.56. The maximum atomic E-state index is 12.4. The molecular formula is C29H31N3O4. The van der Waals surface area contributed by atoms with Gasteiger partial charge in [0.15, 0.2) is 11.5 Å². The van der Waals surface area contributed by atoms with Crippen molar-refractivity contribution in [2.45, 2.75) is 44.8 Å². The number of nitrogens with zero attached hydrogens (tertiary/aromatic N) is 2. The number of pyridine rings is 1. The predicted molar refractivity (Wildman–Crippen MR) is 139 cm³/mol. The third-order valence-electron chi connectivity index (χ3n) is 6.47. The number of carbonyl (C=O) groups is 1. The number of fused-ring (bicyclic) bond motifs is 1. The molecule has 1 aliphatic carbocycles. The predicted octanol–water partition coefficient (Wildman–Crippen LogP) is 5.88. The maximum absolute atomic E-state index is 12.4. The lowest BCUT2D eigenvalue weighted by Crippen LogP contribution is -2.23.